The fraction of sp³-hybridized carbons (Fsp3) is 0.486. The van der Waals surface area contributed by atoms with Gasteiger partial charge in [0.15, 0.2) is 5.82 Å². The van der Waals surface area contributed by atoms with Gasteiger partial charge in [-0.1, -0.05) is 49.4 Å². The van der Waals surface area contributed by atoms with Gasteiger partial charge in [0, 0.05) is 6.20 Å². The lowest BCUT2D eigenvalue weighted by Crippen LogP contribution is -2.54. The number of nitrogens with zero attached hydrogens (tertiary/aromatic N) is 3. The van der Waals surface area contributed by atoms with Gasteiger partial charge < -0.3 is 30.2 Å². The molecule has 240 valence electrons. The molecule has 3 atom stereocenters. The molecule has 45 heavy (non-hydrogen) atoms. The van der Waals surface area contributed by atoms with Gasteiger partial charge in [-0.05, 0) is 75.1 Å². The Morgan fingerprint density at radius 1 is 1.09 bits per heavy atom. The number of amides is 2. The predicted molar refractivity (Wildman–Crippen MR) is 174 cm³/mol. The lowest BCUT2D eigenvalue weighted by Gasteiger charge is -2.29. The Labute approximate surface area is 265 Å². The molecule has 0 bridgehead atoms. The number of ether oxygens (including phenoxy) is 1. The highest BCUT2D eigenvalue weighted by Crippen LogP contribution is 2.41. The minimum Gasteiger partial charge on any atom is -0.497 e. The number of Topliss-reactive ketones (excluding diaryl/α,β-unsaturated/α-hetero) is 1. The van der Waals surface area contributed by atoms with E-state index in [0.717, 1.165) is 54.5 Å². The van der Waals surface area contributed by atoms with Crippen molar-refractivity contribution in [2.24, 2.45) is 11.7 Å². The summed E-state index contributed by atoms with van der Waals surface area (Å²) in [7, 11) is 1.61. The number of piperidine rings is 1. The van der Waals surface area contributed by atoms with Crippen LogP contribution in [0.4, 0.5) is 5.82 Å². The molecule has 1 aromatic heterocycles. The van der Waals surface area contributed by atoms with Gasteiger partial charge in [-0.3, -0.25) is 14.4 Å². The molecule has 3 aromatic rings. The summed E-state index contributed by atoms with van der Waals surface area (Å²) in [5.41, 5.74) is 6.88. The highest BCUT2D eigenvalue weighted by atomic mass is 16.5. The molecule has 0 aliphatic carbocycles. The number of aromatic nitrogens is 2. The van der Waals surface area contributed by atoms with E-state index in [1.165, 1.54) is 0 Å². The zero-order valence-electron chi connectivity index (χ0n) is 26.9. The predicted octanol–water partition coefficient (Wildman–Crippen LogP) is 3.86. The van der Waals surface area contributed by atoms with E-state index in [9.17, 15) is 14.4 Å². The molecule has 2 aliphatic heterocycles. The van der Waals surface area contributed by atoms with Crippen molar-refractivity contribution in [3.8, 4) is 5.75 Å². The maximum absolute atomic E-state index is 14.2. The van der Waals surface area contributed by atoms with Gasteiger partial charge in [0.2, 0.25) is 23.6 Å². The lowest BCUT2D eigenvalue weighted by molar-refractivity contribution is -0.815. The third-order valence-electron chi connectivity index (χ3n) is 9.39. The first kappa shape index (κ1) is 32.4. The first-order chi connectivity index (χ1) is 21.5. The summed E-state index contributed by atoms with van der Waals surface area (Å²) in [4.78, 5) is 44.9. The Hall–Kier alpha value is -4.02. The first-order valence-electron chi connectivity index (χ1n) is 16.0. The number of carbonyl (C=O) groups excluding carboxylic acids is 3. The normalized spacial score (nSPS) is 22.3. The molecule has 2 saturated heterocycles. The molecule has 3 heterocycles. The Kier molecular flexibility index (Phi) is 9.74. The average Bonchev–Trinajstić information content (AvgIpc) is 3.55. The smallest absolute Gasteiger partial charge is 0.248 e. The summed E-state index contributed by atoms with van der Waals surface area (Å²) in [6, 6.07) is 16.1. The highest BCUT2D eigenvalue weighted by Gasteiger charge is 2.61. The molecular formula is C35H47N6O4+. The third-order valence-corrected chi connectivity index (χ3v) is 9.39. The van der Waals surface area contributed by atoms with Gasteiger partial charge in [-0.2, -0.15) is 0 Å². The Bertz CT molecular complexity index is 1470. The van der Waals surface area contributed by atoms with Crippen LogP contribution in [-0.4, -0.2) is 76.0 Å². The molecule has 4 N–H and O–H groups in total. The summed E-state index contributed by atoms with van der Waals surface area (Å²) in [5, 5.41) is 5.70. The molecule has 0 radical (unpaired) electrons. The number of ketones is 1. The van der Waals surface area contributed by atoms with Crippen LogP contribution in [0, 0.1) is 5.92 Å². The van der Waals surface area contributed by atoms with E-state index in [1.54, 1.807) is 38.0 Å². The van der Waals surface area contributed by atoms with Gasteiger partial charge in [-0.15, -0.1) is 0 Å². The second kappa shape index (κ2) is 13.5. The maximum Gasteiger partial charge on any atom is 0.248 e. The standard InChI is InChI=1S/C35H46N6O4/c1-24-17-19-41(20-18-24)22-29(41)32(42)31(26-13-15-27(45-4)16-14-26)40-21-30(37-23-40)39-33(43)28(38-34(44)35(2,3)36)12-8-11-25-9-6-5-7-10-25/h5-7,9-10,13-16,21,23-24,28-29,31H,8,11-12,17-20,22,36H2,1-4H3,(H-,38,39,43,44)/p+1/t24?,28-,29?,31-,41?/m1/s1. The van der Waals surface area contributed by atoms with Gasteiger partial charge in [0.25, 0.3) is 0 Å². The van der Waals surface area contributed by atoms with Crippen LogP contribution in [0.5, 0.6) is 5.75 Å². The maximum atomic E-state index is 14.2. The van der Waals surface area contributed by atoms with Crippen LogP contribution >= 0.6 is 0 Å². The summed E-state index contributed by atoms with van der Waals surface area (Å²) in [6.45, 7) is 8.45. The molecule has 2 aliphatic rings. The van der Waals surface area contributed by atoms with Crippen LogP contribution in [0.3, 0.4) is 0 Å². The third kappa shape index (κ3) is 7.80. The average molecular weight is 616 g/mol. The van der Waals surface area contributed by atoms with Crippen molar-refractivity contribution in [2.45, 2.75) is 76.5 Å². The number of nitrogens with two attached hydrogens (primary N) is 1. The number of hydrogen-bond acceptors (Lipinski definition) is 6. The van der Waals surface area contributed by atoms with Crippen molar-refractivity contribution in [3.05, 3.63) is 78.2 Å². The number of rotatable bonds is 13. The van der Waals surface area contributed by atoms with E-state index < -0.39 is 23.5 Å². The number of benzene rings is 2. The minimum absolute atomic E-state index is 0.0473. The van der Waals surface area contributed by atoms with Crippen LogP contribution in [-0.2, 0) is 20.8 Å². The van der Waals surface area contributed by atoms with Crippen molar-refractivity contribution < 1.29 is 23.6 Å². The largest absolute Gasteiger partial charge is 0.497 e. The molecule has 0 saturated carbocycles. The second-order valence-electron chi connectivity index (χ2n) is 13.4. The quantitative estimate of drug-likeness (QED) is 0.198. The molecule has 5 rings (SSSR count). The van der Waals surface area contributed by atoms with Crippen molar-refractivity contribution >= 4 is 23.4 Å². The topological polar surface area (TPSA) is 128 Å². The summed E-state index contributed by atoms with van der Waals surface area (Å²) >= 11 is 0. The van der Waals surface area contributed by atoms with Crippen LogP contribution in [0.1, 0.15) is 63.6 Å². The van der Waals surface area contributed by atoms with Crippen molar-refractivity contribution in [1.29, 1.82) is 0 Å². The summed E-state index contributed by atoms with van der Waals surface area (Å²) in [6.07, 6.45) is 7.47. The highest BCUT2D eigenvalue weighted by molar-refractivity contribution is 5.98. The number of aryl methyl sites for hydroxylation is 1. The van der Waals surface area contributed by atoms with E-state index in [0.29, 0.717) is 30.3 Å². The lowest BCUT2D eigenvalue weighted by atomic mass is 9.97. The van der Waals surface area contributed by atoms with E-state index in [4.69, 9.17) is 10.5 Å². The zero-order chi connectivity index (χ0) is 32.2. The molecule has 10 nitrogen and oxygen atoms in total. The zero-order valence-corrected chi connectivity index (χ0v) is 26.9. The number of imidazole rings is 1. The molecule has 1 spiro atoms. The summed E-state index contributed by atoms with van der Waals surface area (Å²) < 4.78 is 8.01. The van der Waals surface area contributed by atoms with Crippen molar-refractivity contribution in [3.63, 3.8) is 0 Å². The Morgan fingerprint density at radius 2 is 1.78 bits per heavy atom. The van der Waals surface area contributed by atoms with Crippen molar-refractivity contribution in [1.82, 2.24) is 14.9 Å². The second-order valence-corrected chi connectivity index (χ2v) is 13.4. The molecule has 1 unspecified atom stereocenters. The van der Waals surface area contributed by atoms with Crippen molar-refractivity contribution in [2.75, 3.05) is 32.1 Å². The van der Waals surface area contributed by atoms with Gasteiger partial charge in [0.05, 0.1) is 32.1 Å². The van der Waals surface area contributed by atoms with E-state index in [-0.39, 0.29) is 17.7 Å². The molecular weight excluding hydrogens is 568 g/mol. The molecule has 2 amide bonds. The van der Waals surface area contributed by atoms with Crippen LogP contribution < -0.4 is 21.1 Å². The van der Waals surface area contributed by atoms with Crippen LogP contribution in [0.2, 0.25) is 0 Å². The monoisotopic (exact) mass is 615 g/mol. The first-order valence-corrected chi connectivity index (χ1v) is 16.0. The molecule has 10 heteroatoms. The number of nitrogens with one attached hydrogen (secondary N) is 2. The molecule has 2 fully saturated rings. The van der Waals surface area contributed by atoms with Gasteiger partial charge in [0.1, 0.15) is 24.4 Å². The number of anilines is 1. The van der Waals surface area contributed by atoms with E-state index in [2.05, 4.69) is 22.5 Å². The SMILES string of the molecule is COc1ccc([C@H](C(=O)C2C[N+]23CCC(C)CC3)n2cnc(NC(=O)[C@@H](CCCc3ccccc3)NC(=O)C(C)(C)N)c2)cc1. The van der Waals surface area contributed by atoms with E-state index >= 15 is 0 Å². The van der Waals surface area contributed by atoms with E-state index in [1.807, 2.05) is 54.6 Å². The number of hydrogen-bond donors (Lipinski definition) is 3. The summed E-state index contributed by atoms with van der Waals surface area (Å²) in [5.74, 6) is 1.09. The minimum atomic E-state index is -1.14. The van der Waals surface area contributed by atoms with Gasteiger partial charge >= 0.3 is 0 Å². The number of carbonyl (C=O) groups is 3. The number of methoxy groups -OCH3 is 1. The molecule has 2 aromatic carbocycles. The Morgan fingerprint density at radius 3 is 2.42 bits per heavy atom. The Balaban J connectivity index is 1.33. The van der Waals surface area contributed by atoms with Gasteiger partial charge in [-0.25, -0.2) is 4.98 Å². The fourth-order valence-electron chi connectivity index (χ4n) is 6.34. The van der Waals surface area contributed by atoms with Crippen LogP contribution in [0.15, 0.2) is 67.1 Å². The van der Waals surface area contributed by atoms with Crippen LogP contribution in [0.25, 0.3) is 0 Å². The fourth-order valence-corrected chi connectivity index (χ4v) is 6.34. The number of quaternary nitrogens is 1.